The molecule has 0 saturated carbocycles. The number of aromatic nitrogens is 4. The molecule has 1 atom stereocenters. The largest absolute Gasteiger partial charge is 0.497 e. The predicted molar refractivity (Wildman–Crippen MR) is 144 cm³/mol. The van der Waals surface area contributed by atoms with Gasteiger partial charge in [0.1, 0.15) is 5.75 Å². The Balaban J connectivity index is 1.39. The fourth-order valence-corrected chi connectivity index (χ4v) is 5.01. The molecule has 1 amide bonds. The normalized spacial score (nSPS) is 15.9. The number of nitrogens with zero attached hydrogens (tertiary/aromatic N) is 6. The Morgan fingerprint density at radius 3 is 2.43 bits per heavy atom. The highest BCUT2D eigenvalue weighted by atomic mass is 16.5. The summed E-state index contributed by atoms with van der Waals surface area (Å²) in [5, 5.41) is 10.1. The fraction of sp³-hybridized carbons (Fsp3) is 0.241. The molecule has 0 radical (unpaired) electrons. The molecule has 1 saturated heterocycles. The van der Waals surface area contributed by atoms with Crippen molar-refractivity contribution in [2.24, 2.45) is 0 Å². The SMILES string of the molecule is COc1ccc(-c2nnc3c4ccccc4nc(N4CCN(C(=O)c5ccc(C)cc5)C(C)C4)n23)cc1. The Labute approximate surface area is 215 Å². The van der Waals surface area contributed by atoms with Crippen LogP contribution in [0, 0.1) is 6.92 Å². The maximum atomic E-state index is 13.3. The van der Waals surface area contributed by atoms with Crippen LogP contribution in [0.1, 0.15) is 22.8 Å². The van der Waals surface area contributed by atoms with Crippen LogP contribution in [0.5, 0.6) is 5.75 Å². The fourth-order valence-electron chi connectivity index (χ4n) is 5.01. The molecule has 0 bridgehead atoms. The van der Waals surface area contributed by atoms with Gasteiger partial charge in [-0.15, -0.1) is 10.2 Å². The second-order valence-electron chi connectivity index (χ2n) is 9.50. The molecule has 1 aliphatic rings. The van der Waals surface area contributed by atoms with Crippen molar-refractivity contribution in [2.75, 3.05) is 31.6 Å². The average molecular weight is 493 g/mol. The van der Waals surface area contributed by atoms with E-state index in [2.05, 4.69) is 22.0 Å². The molecule has 0 N–H and O–H groups in total. The molecular formula is C29H28N6O2. The van der Waals surface area contributed by atoms with Gasteiger partial charge in [0, 0.05) is 42.2 Å². The zero-order valence-electron chi connectivity index (χ0n) is 21.1. The zero-order valence-corrected chi connectivity index (χ0v) is 21.1. The van der Waals surface area contributed by atoms with Crippen LogP contribution in [0.4, 0.5) is 5.95 Å². The summed E-state index contributed by atoms with van der Waals surface area (Å²) in [5.74, 6) is 2.34. The number of fused-ring (bicyclic) bond motifs is 3. The molecule has 0 aliphatic carbocycles. The number of ether oxygens (including phenoxy) is 1. The van der Waals surface area contributed by atoms with Crippen molar-refractivity contribution >= 4 is 28.4 Å². The molecule has 1 fully saturated rings. The van der Waals surface area contributed by atoms with Gasteiger partial charge in [0.15, 0.2) is 11.5 Å². The van der Waals surface area contributed by atoms with Gasteiger partial charge in [-0.2, -0.15) is 0 Å². The van der Waals surface area contributed by atoms with Crippen LogP contribution in [0.15, 0.2) is 72.8 Å². The first-order chi connectivity index (χ1) is 18.0. The first-order valence-electron chi connectivity index (χ1n) is 12.4. The van der Waals surface area contributed by atoms with Crippen molar-refractivity contribution in [3.63, 3.8) is 0 Å². The summed E-state index contributed by atoms with van der Waals surface area (Å²) in [4.78, 5) is 22.5. The molecule has 3 heterocycles. The third-order valence-corrected chi connectivity index (χ3v) is 7.05. The Morgan fingerprint density at radius 2 is 1.70 bits per heavy atom. The van der Waals surface area contributed by atoms with Crippen LogP contribution >= 0.6 is 0 Å². The van der Waals surface area contributed by atoms with E-state index in [-0.39, 0.29) is 11.9 Å². The summed E-state index contributed by atoms with van der Waals surface area (Å²) in [5.41, 5.74) is 4.41. The molecule has 1 unspecified atom stereocenters. The van der Waals surface area contributed by atoms with Crippen molar-refractivity contribution in [3.8, 4) is 17.1 Å². The molecule has 37 heavy (non-hydrogen) atoms. The number of anilines is 1. The van der Waals surface area contributed by atoms with Gasteiger partial charge in [0.05, 0.1) is 12.6 Å². The van der Waals surface area contributed by atoms with E-state index in [0.717, 1.165) is 50.8 Å². The van der Waals surface area contributed by atoms with Gasteiger partial charge in [-0.3, -0.25) is 4.79 Å². The Kier molecular flexibility index (Phi) is 5.71. The number of carbonyl (C=O) groups is 1. The van der Waals surface area contributed by atoms with Crippen LogP contribution in [0.3, 0.4) is 0 Å². The van der Waals surface area contributed by atoms with Crippen LogP contribution in [0.2, 0.25) is 0 Å². The smallest absolute Gasteiger partial charge is 0.254 e. The minimum atomic E-state index is 0.00629. The molecule has 6 rings (SSSR count). The summed E-state index contributed by atoms with van der Waals surface area (Å²) in [6, 6.07) is 23.6. The van der Waals surface area contributed by atoms with E-state index in [1.807, 2.05) is 89.0 Å². The molecule has 0 spiro atoms. The standard InChI is InChI=1S/C29H28N6O2/c1-19-8-10-22(11-9-19)28(36)34-17-16-33(18-20(34)2)29-30-25-7-5-4-6-24(25)27-32-31-26(35(27)29)21-12-14-23(37-3)15-13-21/h4-15,20H,16-18H2,1-3H3. The number of carbonyl (C=O) groups excluding carboxylic acids is 1. The number of para-hydroxylation sites is 1. The maximum absolute atomic E-state index is 13.3. The number of hydrogen-bond acceptors (Lipinski definition) is 6. The first-order valence-corrected chi connectivity index (χ1v) is 12.4. The van der Waals surface area contributed by atoms with E-state index in [4.69, 9.17) is 9.72 Å². The van der Waals surface area contributed by atoms with E-state index < -0.39 is 0 Å². The number of amides is 1. The number of benzene rings is 3. The summed E-state index contributed by atoms with van der Waals surface area (Å²) in [6.45, 7) is 6.02. The van der Waals surface area contributed by atoms with Crippen molar-refractivity contribution in [1.29, 1.82) is 0 Å². The molecule has 3 aromatic carbocycles. The van der Waals surface area contributed by atoms with E-state index in [0.29, 0.717) is 19.6 Å². The van der Waals surface area contributed by atoms with Crippen molar-refractivity contribution in [1.82, 2.24) is 24.5 Å². The third-order valence-electron chi connectivity index (χ3n) is 7.05. The highest BCUT2D eigenvalue weighted by Gasteiger charge is 2.31. The van der Waals surface area contributed by atoms with Gasteiger partial charge < -0.3 is 14.5 Å². The summed E-state index contributed by atoms with van der Waals surface area (Å²) in [6.07, 6.45) is 0. The quantitative estimate of drug-likeness (QED) is 0.365. The van der Waals surface area contributed by atoms with Crippen LogP contribution in [0.25, 0.3) is 27.9 Å². The number of piperazine rings is 1. The number of hydrogen-bond donors (Lipinski definition) is 0. The minimum Gasteiger partial charge on any atom is -0.497 e. The lowest BCUT2D eigenvalue weighted by molar-refractivity contribution is 0.0673. The van der Waals surface area contributed by atoms with E-state index in [9.17, 15) is 4.79 Å². The molecule has 1 aliphatic heterocycles. The van der Waals surface area contributed by atoms with Crippen LogP contribution < -0.4 is 9.64 Å². The monoisotopic (exact) mass is 492 g/mol. The average Bonchev–Trinajstić information content (AvgIpc) is 3.38. The molecular weight excluding hydrogens is 464 g/mol. The van der Waals surface area contributed by atoms with Gasteiger partial charge in [-0.05, 0) is 62.4 Å². The van der Waals surface area contributed by atoms with Gasteiger partial charge in [-0.1, -0.05) is 29.8 Å². The number of aryl methyl sites for hydroxylation is 1. The lowest BCUT2D eigenvalue weighted by Crippen LogP contribution is -2.54. The highest BCUT2D eigenvalue weighted by Crippen LogP contribution is 2.30. The van der Waals surface area contributed by atoms with Crippen molar-refractivity contribution in [3.05, 3.63) is 83.9 Å². The van der Waals surface area contributed by atoms with Gasteiger partial charge in [0.2, 0.25) is 5.95 Å². The lowest BCUT2D eigenvalue weighted by Gasteiger charge is -2.40. The third kappa shape index (κ3) is 4.04. The molecule has 8 nitrogen and oxygen atoms in total. The van der Waals surface area contributed by atoms with Gasteiger partial charge >= 0.3 is 0 Å². The minimum absolute atomic E-state index is 0.00629. The molecule has 186 valence electrons. The van der Waals surface area contributed by atoms with Gasteiger partial charge in [0.25, 0.3) is 5.91 Å². The van der Waals surface area contributed by atoms with Crippen molar-refractivity contribution < 1.29 is 9.53 Å². The topological polar surface area (TPSA) is 75.9 Å². The number of methoxy groups -OCH3 is 1. The summed E-state index contributed by atoms with van der Waals surface area (Å²) in [7, 11) is 1.65. The highest BCUT2D eigenvalue weighted by molar-refractivity contribution is 5.95. The molecule has 2 aromatic heterocycles. The number of rotatable bonds is 4. The summed E-state index contributed by atoms with van der Waals surface area (Å²) < 4.78 is 7.37. The van der Waals surface area contributed by atoms with E-state index in [1.54, 1.807) is 7.11 Å². The Morgan fingerprint density at radius 1 is 0.946 bits per heavy atom. The van der Waals surface area contributed by atoms with Crippen LogP contribution in [-0.2, 0) is 0 Å². The Hall–Kier alpha value is -4.46. The van der Waals surface area contributed by atoms with E-state index >= 15 is 0 Å². The van der Waals surface area contributed by atoms with Crippen molar-refractivity contribution in [2.45, 2.75) is 19.9 Å². The zero-order chi connectivity index (χ0) is 25.5. The lowest BCUT2D eigenvalue weighted by atomic mass is 10.1. The van der Waals surface area contributed by atoms with E-state index in [1.165, 1.54) is 0 Å². The van der Waals surface area contributed by atoms with Gasteiger partial charge in [-0.25, -0.2) is 9.38 Å². The predicted octanol–water partition coefficient (Wildman–Crippen LogP) is 4.61. The second-order valence-corrected chi connectivity index (χ2v) is 9.50. The summed E-state index contributed by atoms with van der Waals surface area (Å²) >= 11 is 0. The van der Waals surface area contributed by atoms with Crippen LogP contribution in [-0.4, -0.2) is 63.2 Å². The second kappa shape index (κ2) is 9.20. The molecule has 5 aromatic rings. The molecule has 8 heteroatoms. The Bertz CT molecular complexity index is 1590. The maximum Gasteiger partial charge on any atom is 0.254 e. The first kappa shape index (κ1) is 23.0.